The van der Waals surface area contributed by atoms with Gasteiger partial charge in [0.2, 0.25) is 0 Å². The molecule has 1 N–H and O–H groups in total. The fourth-order valence-electron chi connectivity index (χ4n) is 2.61. The third-order valence-electron chi connectivity index (χ3n) is 3.97. The first kappa shape index (κ1) is 17.0. The minimum Gasteiger partial charge on any atom is -0.490 e. The monoisotopic (exact) mass is 361 g/mol. The first-order chi connectivity index (χ1) is 13.1. The molecule has 27 heavy (non-hydrogen) atoms. The molecule has 0 fully saturated rings. The molecular formula is C20H17N4O3+. The second-order valence-electron chi connectivity index (χ2n) is 6.25. The third-order valence-corrected chi connectivity index (χ3v) is 3.97. The number of rotatable bonds is 4. The molecule has 2 aromatic rings. The van der Waals surface area contributed by atoms with Crippen LogP contribution in [0.1, 0.15) is 6.92 Å². The number of nitrogens with zero attached hydrogens (tertiary/aromatic N) is 4. The van der Waals surface area contributed by atoms with E-state index in [1.807, 2.05) is 36.4 Å². The number of quaternary nitrogens is 1. The lowest BCUT2D eigenvalue weighted by molar-refractivity contribution is 0.0629. The fraction of sp³-hybridized carbons (Fsp3) is 0.150. The minimum absolute atomic E-state index is 0.0318. The van der Waals surface area contributed by atoms with Crippen LogP contribution in [0.4, 0.5) is 5.88 Å². The summed E-state index contributed by atoms with van der Waals surface area (Å²) in [5.74, 6) is 7.55. The van der Waals surface area contributed by atoms with E-state index in [9.17, 15) is 5.11 Å². The topological polar surface area (TPSA) is 79.7 Å². The molecule has 2 aliphatic heterocycles. The van der Waals surface area contributed by atoms with E-state index in [1.54, 1.807) is 31.7 Å². The average Bonchev–Trinajstić information content (AvgIpc) is 3.36. The maximum absolute atomic E-state index is 10.5. The van der Waals surface area contributed by atoms with Crippen molar-refractivity contribution in [2.75, 3.05) is 6.61 Å². The summed E-state index contributed by atoms with van der Waals surface area (Å²) in [7, 11) is 0. The number of aliphatic hydroxyl groups is 1. The van der Waals surface area contributed by atoms with Crippen molar-refractivity contribution in [3.05, 3.63) is 60.6 Å². The van der Waals surface area contributed by atoms with Gasteiger partial charge in [-0.05, 0) is 36.1 Å². The lowest BCUT2D eigenvalue weighted by Crippen LogP contribution is -2.44. The molecule has 7 nitrogen and oxygen atoms in total. The van der Waals surface area contributed by atoms with Crippen LogP contribution >= 0.6 is 0 Å². The summed E-state index contributed by atoms with van der Waals surface area (Å²) in [6.07, 6.45) is 6.35. The first-order valence-electron chi connectivity index (χ1n) is 8.33. The minimum atomic E-state index is -1.34. The van der Waals surface area contributed by atoms with E-state index >= 15 is 0 Å². The molecule has 1 aromatic carbocycles. The Morgan fingerprint density at radius 1 is 1.22 bits per heavy atom. The summed E-state index contributed by atoms with van der Waals surface area (Å²) in [6.45, 7) is 1.62. The van der Waals surface area contributed by atoms with E-state index in [-0.39, 0.29) is 11.2 Å². The molecule has 2 unspecified atom stereocenters. The summed E-state index contributed by atoms with van der Waals surface area (Å²) in [4.78, 5) is 8.51. The van der Waals surface area contributed by atoms with Gasteiger partial charge in [-0.2, -0.15) is 4.99 Å². The van der Waals surface area contributed by atoms with Crippen LogP contribution in [0.3, 0.4) is 0 Å². The van der Waals surface area contributed by atoms with Gasteiger partial charge in [-0.15, -0.1) is 0 Å². The van der Waals surface area contributed by atoms with Gasteiger partial charge in [0.25, 0.3) is 5.84 Å². The van der Waals surface area contributed by atoms with E-state index in [0.717, 1.165) is 0 Å². The maximum atomic E-state index is 10.5. The van der Waals surface area contributed by atoms with E-state index in [1.165, 1.54) is 6.34 Å². The number of hydrogen-bond donors (Lipinski definition) is 1. The van der Waals surface area contributed by atoms with Crippen LogP contribution in [0.25, 0.3) is 0 Å². The number of aliphatic imine (C=N–C) groups is 2. The Bertz CT molecular complexity index is 1010. The van der Waals surface area contributed by atoms with Gasteiger partial charge in [-0.25, -0.2) is 4.99 Å². The van der Waals surface area contributed by atoms with Gasteiger partial charge in [0.15, 0.2) is 23.8 Å². The highest BCUT2D eigenvalue weighted by Crippen LogP contribution is 2.31. The zero-order valence-corrected chi connectivity index (χ0v) is 14.6. The molecule has 4 rings (SSSR count). The number of amidine groups is 1. The number of benzene rings is 1. The lowest BCUT2D eigenvalue weighted by Gasteiger charge is -2.21. The predicted octanol–water partition coefficient (Wildman–Crippen LogP) is 2.70. The number of para-hydroxylation sites is 1. The molecule has 0 saturated heterocycles. The number of allylic oxidation sites excluding steroid dienone is 1. The molecule has 0 amide bonds. The second-order valence-corrected chi connectivity index (χ2v) is 6.25. The van der Waals surface area contributed by atoms with Gasteiger partial charge in [0.1, 0.15) is 18.6 Å². The highest BCUT2D eigenvalue weighted by Gasteiger charge is 2.43. The molecule has 0 radical (unpaired) electrons. The summed E-state index contributed by atoms with van der Waals surface area (Å²) in [5, 5.41) is 14.9. The van der Waals surface area contributed by atoms with Crippen LogP contribution in [-0.2, 0) is 0 Å². The van der Waals surface area contributed by atoms with Crippen molar-refractivity contribution in [3.8, 4) is 17.6 Å². The SMILES string of the molecule is CC(O)(C#CC1=C[N+]2(c3ccco3)N=CN=C2C=N1)COc1ccccc1. The Hall–Kier alpha value is -3.47. The zero-order chi connectivity index (χ0) is 18.7. The third kappa shape index (κ3) is 3.44. The molecule has 0 spiro atoms. The Labute approximate surface area is 156 Å². The Morgan fingerprint density at radius 3 is 2.85 bits per heavy atom. The highest BCUT2D eigenvalue weighted by molar-refractivity contribution is 6.36. The van der Waals surface area contributed by atoms with Crippen LogP contribution in [0.2, 0.25) is 0 Å². The lowest BCUT2D eigenvalue weighted by atomic mass is 10.1. The van der Waals surface area contributed by atoms with Crippen LogP contribution in [0.15, 0.2) is 80.1 Å². The first-order valence-corrected chi connectivity index (χ1v) is 8.33. The molecular weight excluding hydrogens is 344 g/mol. The molecule has 2 aliphatic rings. The van der Waals surface area contributed by atoms with Gasteiger partial charge < -0.3 is 14.3 Å². The van der Waals surface area contributed by atoms with E-state index in [4.69, 9.17) is 9.15 Å². The normalized spacial score (nSPS) is 22.1. The fourth-order valence-corrected chi connectivity index (χ4v) is 2.61. The highest BCUT2D eigenvalue weighted by atomic mass is 16.5. The van der Waals surface area contributed by atoms with Gasteiger partial charge in [-0.3, -0.25) is 0 Å². The number of ether oxygens (including phenoxy) is 1. The second kappa shape index (κ2) is 6.68. The van der Waals surface area contributed by atoms with Gasteiger partial charge >= 0.3 is 5.88 Å². The van der Waals surface area contributed by atoms with Crippen molar-refractivity contribution in [2.45, 2.75) is 12.5 Å². The Morgan fingerprint density at radius 2 is 2.07 bits per heavy atom. The van der Waals surface area contributed by atoms with Crippen molar-refractivity contribution in [2.24, 2.45) is 15.1 Å². The standard InChI is InChI=1S/C20H17N4O3/c1-20(25,14-27-17-6-3-2-4-7-17)10-9-16-13-24(19-8-5-11-26-19)18(12-21-16)22-15-23-24/h2-8,11-13,15,25H,14H2,1H3/q+1. The summed E-state index contributed by atoms with van der Waals surface area (Å²) < 4.78 is 11.0. The molecule has 134 valence electrons. The molecule has 7 heteroatoms. The molecule has 1 aromatic heterocycles. The maximum Gasteiger partial charge on any atom is 0.335 e. The molecule has 0 saturated carbocycles. The molecule has 0 bridgehead atoms. The van der Waals surface area contributed by atoms with Crippen molar-refractivity contribution in [1.29, 1.82) is 0 Å². The van der Waals surface area contributed by atoms with E-state index < -0.39 is 5.60 Å². The van der Waals surface area contributed by atoms with E-state index in [0.29, 0.717) is 23.2 Å². The van der Waals surface area contributed by atoms with E-state index in [2.05, 4.69) is 26.9 Å². The average molecular weight is 361 g/mol. The number of furan rings is 1. The van der Waals surface area contributed by atoms with Gasteiger partial charge in [0.05, 0.1) is 6.26 Å². The van der Waals surface area contributed by atoms with Crippen molar-refractivity contribution in [3.63, 3.8) is 0 Å². The number of fused-ring (bicyclic) bond motifs is 1. The van der Waals surface area contributed by atoms with Crippen LogP contribution < -0.4 is 9.33 Å². The summed E-state index contributed by atoms with van der Waals surface area (Å²) in [6, 6.07) is 12.9. The van der Waals surface area contributed by atoms with Gasteiger partial charge in [0, 0.05) is 6.07 Å². The molecule has 3 heterocycles. The summed E-state index contributed by atoms with van der Waals surface area (Å²) >= 11 is 0. The quantitative estimate of drug-likeness (QED) is 0.672. The Balaban J connectivity index is 1.54. The predicted molar refractivity (Wildman–Crippen MR) is 103 cm³/mol. The zero-order valence-electron chi connectivity index (χ0n) is 14.6. The largest absolute Gasteiger partial charge is 0.490 e. The van der Waals surface area contributed by atoms with Crippen LogP contribution in [0, 0.1) is 11.8 Å². The van der Waals surface area contributed by atoms with Crippen molar-refractivity contribution >= 4 is 24.3 Å². The summed E-state index contributed by atoms with van der Waals surface area (Å²) in [5.41, 5.74) is -0.894. The van der Waals surface area contributed by atoms with Crippen molar-refractivity contribution < 1.29 is 14.3 Å². The Kier molecular flexibility index (Phi) is 4.20. The van der Waals surface area contributed by atoms with Gasteiger partial charge in [-0.1, -0.05) is 28.7 Å². The van der Waals surface area contributed by atoms with Crippen molar-refractivity contribution in [1.82, 2.24) is 4.59 Å². The molecule has 2 atom stereocenters. The molecule has 0 aliphatic carbocycles. The smallest absolute Gasteiger partial charge is 0.335 e. The van der Waals surface area contributed by atoms with Crippen LogP contribution in [-0.4, -0.2) is 35.7 Å². The van der Waals surface area contributed by atoms with Crippen LogP contribution in [0.5, 0.6) is 5.75 Å². The number of hydrogen-bond acceptors (Lipinski definition) is 6.